The number of nitrogens with zero attached hydrogens (tertiary/aromatic N) is 1. The van der Waals surface area contributed by atoms with Crippen molar-refractivity contribution >= 4 is 11.6 Å². The molecule has 3 heteroatoms. The molecule has 0 radical (unpaired) electrons. The molecule has 0 atom stereocenters. The van der Waals surface area contributed by atoms with Gasteiger partial charge in [-0.1, -0.05) is 11.6 Å². The largest absolute Gasteiger partial charge is 0.489 e. The van der Waals surface area contributed by atoms with Crippen LogP contribution >= 0.6 is 11.6 Å². The number of hydrogen-bond donors (Lipinski definition) is 0. The molecule has 0 bridgehead atoms. The number of hydrogen-bond acceptors (Lipinski definition) is 2. The van der Waals surface area contributed by atoms with Crippen LogP contribution in [0.1, 0.15) is 31.2 Å². The van der Waals surface area contributed by atoms with E-state index in [1.165, 1.54) is 12.8 Å². The molecule has 2 nitrogen and oxygen atoms in total. The summed E-state index contributed by atoms with van der Waals surface area (Å²) in [6, 6.07) is 7.24. The van der Waals surface area contributed by atoms with Crippen LogP contribution in [-0.4, -0.2) is 6.10 Å². The Morgan fingerprint density at radius 3 is 2.73 bits per heavy atom. The number of halogens is 1. The molecule has 0 amide bonds. The van der Waals surface area contributed by atoms with Gasteiger partial charge in [0.15, 0.2) is 0 Å². The Balaban J connectivity index is 2.18. The Morgan fingerprint density at radius 2 is 2.07 bits per heavy atom. The van der Waals surface area contributed by atoms with Crippen molar-refractivity contribution in [2.45, 2.75) is 31.8 Å². The summed E-state index contributed by atoms with van der Waals surface area (Å²) >= 11 is 5.87. The predicted octanol–water partition coefficient (Wildman–Crippen LogP) is 3.53. The maximum atomic E-state index is 8.91. The molecule has 0 saturated heterocycles. The molecule has 0 aromatic heterocycles. The van der Waals surface area contributed by atoms with Crippen molar-refractivity contribution in [2.24, 2.45) is 0 Å². The number of rotatable bonds is 2. The quantitative estimate of drug-likeness (QED) is 0.766. The maximum Gasteiger partial charge on any atom is 0.138 e. The van der Waals surface area contributed by atoms with Gasteiger partial charge in [-0.15, -0.1) is 0 Å². The van der Waals surface area contributed by atoms with E-state index in [-0.39, 0.29) is 6.10 Å². The van der Waals surface area contributed by atoms with Gasteiger partial charge in [-0.2, -0.15) is 5.26 Å². The van der Waals surface area contributed by atoms with Gasteiger partial charge >= 0.3 is 0 Å². The van der Waals surface area contributed by atoms with Crippen molar-refractivity contribution in [3.8, 4) is 11.8 Å². The Labute approximate surface area is 94.4 Å². The highest BCUT2D eigenvalue weighted by Crippen LogP contribution is 2.28. The molecule has 0 spiro atoms. The maximum absolute atomic E-state index is 8.91. The Bertz CT molecular complexity index is 391. The first-order valence-corrected chi connectivity index (χ1v) is 5.53. The Hall–Kier alpha value is -1.20. The van der Waals surface area contributed by atoms with Crippen LogP contribution in [0, 0.1) is 11.3 Å². The minimum absolute atomic E-state index is 0.260. The zero-order chi connectivity index (χ0) is 10.7. The molecule has 1 fully saturated rings. The third-order valence-electron chi connectivity index (χ3n) is 2.66. The molecule has 0 aliphatic heterocycles. The van der Waals surface area contributed by atoms with Crippen LogP contribution in [-0.2, 0) is 0 Å². The van der Waals surface area contributed by atoms with Crippen LogP contribution < -0.4 is 4.74 Å². The van der Waals surface area contributed by atoms with Gasteiger partial charge in [-0.05, 0) is 37.8 Å². The molecule has 0 unspecified atom stereocenters. The average molecular weight is 222 g/mol. The zero-order valence-electron chi connectivity index (χ0n) is 8.37. The van der Waals surface area contributed by atoms with Crippen molar-refractivity contribution in [3.63, 3.8) is 0 Å². The first-order valence-electron chi connectivity index (χ1n) is 5.16. The van der Waals surface area contributed by atoms with E-state index in [9.17, 15) is 0 Å². The van der Waals surface area contributed by atoms with Gasteiger partial charge in [0.2, 0.25) is 0 Å². The van der Waals surface area contributed by atoms with Gasteiger partial charge in [-0.3, -0.25) is 0 Å². The highest BCUT2D eigenvalue weighted by Gasteiger charge is 2.18. The van der Waals surface area contributed by atoms with Crippen molar-refractivity contribution in [1.29, 1.82) is 5.26 Å². The number of nitriles is 1. The van der Waals surface area contributed by atoms with Crippen LogP contribution in [0.4, 0.5) is 0 Å². The molecule has 1 aliphatic rings. The van der Waals surface area contributed by atoms with Crippen LogP contribution in [0.15, 0.2) is 18.2 Å². The topological polar surface area (TPSA) is 33.0 Å². The van der Waals surface area contributed by atoms with Crippen molar-refractivity contribution < 1.29 is 4.74 Å². The summed E-state index contributed by atoms with van der Waals surface area (Å²) in [6.07, 6.45) is 4.85. The van der Waals surface area contributed by atoms with Crippen LogP contribution in [0.3, 0.4) is 0 Å². The summed E-state index contributed by atoms with van der Waals surface area (Å²) in [5.74, 6) is 0.622. The van der Waals surface area contributed by atoms with E-state index >= 15 is 0 Å². The molecule has 1 aliphatic carbocycles. The van der Waals surface area contributed by atoms with Gasteiger partial charge in [0, 0.05) is 11.1 Å². The molecule has 15 heavy (non-hydrogen) atoms. The fourth-order valence-corrected chi connectivity index (χ4v) is 2.03. The van der Waals surface area contributed by atoms with E-state index in [0.29, 0.717) is 16.3 Å². The van der Waals surface area contributed by atoms with Crippen molar-refractivity contribution in [1.82, 2.24) is 0 Å². The molecular formula is C12H12ClNO. The third-order valence-corrected chi connectivity index (χ3v) is 2.90. The van der Waals surface area contributed by atoms with E-state index in [1.807, 2.05) is 0 Å². The van der Waals surface area contributed by atoms with E-state index in [0.717, 1.165) is 12.8 Å². The molecular weight excluding hydrogens is 210 g/mol. The van der Waals surface area contributed by atoms with Gasteiger partial charge in [0.25, 0.3) is 0 Å². The molecule has 1 aromatic carbocycles. The van der Waals surface area contributed by atoms with Crippen molar-refractivity contribution in [3.05, 3.63) is 28.8 Å². The second kappa shape index (κ2) is 4.55. The second-order valence-corrected chi connectivity index (χ2v) is 4.21. The number of benzene rings is 1. The molecule has 1 aromatic rings. The summed E-state index contributed by atoms with van der Waals surface area (Å²) in [5, 5.41) is 9.52. The molecule has 2 rings (SSSR count). The lowest BCUT2D eigenvalue weighted by atomic mass is 10.2. The molecule has 0 heterocycles. The smallest absolute Gasteiger partial charge is 0.138 e. The van der Waals surface area contributed by atoms with Gasteiger partial charge < -0.3 is 4.74 Å². The SMILES string of the molecule is N#Cc1ccc(Cl)cc1OC1CCCC1. The van der Waals surface area contributed by atoms with Crippen LogP contribution in [0.25, 0.3) is 0 Å². The summed E-state index contributed by atoms with van der Waals surface area (Å²) in [5.41, 5.74) is 0.561. The van der Waals surface area contributed by atoms with Gasteiger partial charge in [-0.25, -0.2) is 0 Å². The lowest BCUT2D eigenvalue weighted by molar-refractivity contribution is 0.209. The van der Waals surface area contributed by atoms with Crippen LogP contribution in [0.2, 0.25) is 5.02 Å². The summed E-state index contributed by atoms with van der Waals surface area (Å²) in [4.78, 5) is 0. The lowest BCUT2D eigenvalue weighted by Gasteiger charge is -2.14. The van der Waals surface area contributed by atoms with E-state index < -0.39 is 0 Å². The number of ether oxygens (including phenoxy) is 1. The Kier molecular flexibility index (Phi) is 3.13. The van der Waals surface area contributed by atoms with E-state index in [1.54, 1.807) is 18.2 Å². The zero-order valence-corrected chi connectivity index (χ0v) is 9.13. The predicted molar refractivity (Wildman–Crippen MR) is 59.1 cm³/mol. The monoisotopic (exact) mass is 221 g/mol. The highest BCUT2D eigenvalue weighted by atomic mass is 35.5. The van der Waals surface area contributed by atoms with E-state index in [4.69, 9.17) is 21.6 Å². The minimum atomic E-state index is 0.260. The minimum Gasteiger partial charge on any atom is -0.489 e. The first kappa shape index (κ1) is 10.3. The third kappa shape index (κ3) is 2.43. The highest BCUT2D eigenvalue weighted by molar-refractivity contribution is 6.30. The fraction of sp³-hybridized carbons (Fsp3) is 0.417. The standard InChI is InChI=1S/C12H12ClNO/c13-10-6-5-9(8-14)12(7-10)15-11-3-1-2-4-11/h5-7,11H,1-4H2. The van der Waals surface area contributed by atoms with Crippen LogP contribution in [0.5, 0.6) is 5.75 Å². The van der Waals surface area contributed by atoms with Crippen molar-refractivity contribution in [2.75, 3.05) is 0 Å². The van der Waals surface area contributed by atoms with Gasteiger partial charge in [0.05, 0.1) is 11.7 Å². The fourth-order valence-electron chi connectivity index (χ4n) is 1.87. The van der Waals surface area contributed by atoms with Gasteiger partial charge in [0.1, 0.15) is 11.8 Å². The summed E-state index contributed by atoms with van der Waals surface area (Å²) in [6.45, 7) is 0. The summed E-state index contributed by atoms with van der Waals surface area (Å²) < 4.78 is 5.77. The molecule has 0 N–H and O–H groups in total. The lowest BCUT2D eigenvalue weighted by Crippen LogP contribution is -2.11. The Morgan fingerprint density at radius 1 is 1.33 bits per heavy atom. The average Bonchev–Trinajstić information content (AvgIpc) is 2.71. The second-order valence-electron chi connectivity index (χ2n) is 3.78. The normalized spacial score (nSPS) is 16.3. The summed E-state index contributed by atoms with van der Waals surface area (Å²) in [7, 11) is 0. The molecule has 1 saturated carbocycles. The van der Waals surface area contributed by atoms with E-state index in [2.05, 4.69) is 6.07 Å². The first-order chi connectivity index (χ1) is 7.29. The molecule has 78 valence electrons.